The molecular weight excluding hydrogens is 514 g/mol. The zero-order valence-corrected chi connectivity index (χ0v) is 21.7. The Labute approximate surface area is 225 Å². The van der Waals surface area contributed by atoms with Crippen molar-refractivity contribution in [2.24, 2.45) is 11.5 Å². The van der Waals surface area contributed by atoms with E-state index < -0.39 is 47.9 Å². The number of aromatic amines is 1. The number of unbranched alkanes of at least 4 members (excludes halogenated alkanes) is 1. The number of H-pyrrole nitrogens is 1. The van der Waals surface area contributed by atoms with Gasteiger partial charge < -0.3 is 42.6 Å². The fourth-order valence-electron chi connectivity index (χ4n) is 3.57. The smallest absolute Gasteiger partial charge is 0.326 e. The van der Waals surface area contributed by atoms with Crippen LogP contribution in [0.2, 0.25) is 0 Å². The van der Waals surface area contributed by atoms with E-state index in [1.807, 2.05) is 0 Å². The molecule has 2 aromatic rings. The average Bonchev–Trinajstić information content (AvgIpc) is 3.40. The van der Waals surface area contributed by atoms with E-state index in [4.69, 9.17) is 11.5 Å². The Balaban J connectivity index is 2.12. The van der Waals surface area contributed by atoms with Crippen LogP contribution < -0.4 is 27.4 Å². The Morgan fingerprint density at radius 2 is 1.58 bits per heavy atom. The van der Waals surface area contributed by atoms with Gasteiger partial charge in [0.25, 0.3) is 0 Å². The average molecular weight is 550 g/mol. The van der Waals surface area contributed by atoms with Crippen molar-refractivity contribution < 1.29 is 29.4 Å². The molecule has 208 valence electrons. The molecule has 38 heavy (non-hydrogen) atoms. The predicted molar refractivity (Wildman–Crippen MR) is 142 cm³/mol. The summed E-state index contributed by atoms with van der Waals surface area (Å²) >= 11 is 4.15. The summed E-state index contributed by atoms with van der Waals surface area (Å²) in [5.41, 5.74) is 12.7. The van der Waals surface area contributed by atoms with Gasteiger partial charge in [-0.05, 0) is 43.5 Å². The number of carboxylic acids is 1. The lowest BCUT2D eigenvalue weighted by Gasteiger charge is -2.25. The number of phenolic OH excluding ortho intramolecular Hbond substituents is 1. The molecule has 10 N–H and O–H groups in total. The molecule has 0 spiro atoms. The number of benzene rings is 1. The highest BCUT2D eigenvalue weighted by Crippen LogP contribution is 2.12. The molecule has 13 nitrogen and oxygen atoms in total. The normalized spacial score (nSPS) is 14.1. The Kier molecular flexibility index (Phi) is 12.6. The summed E-state index contributed by atoms with van der Waals surface area (Å²) in [6, 6.07) is 1.57. The van der Waals surface area contributed by atoms with Crippen molar-refractivity contribution in [3.63, 3.8) is 0 Å². The zero-order chi connectivity index (χ0) is 28.1. The molecule has 2 rings (SSSR count). The van der Waals surface area contributed by atoms with Gasteiger partial charge in [-0.2, -0.15) is 12.6 Å². The van der Waals surface area contributed by atoms with Gasteiger partial charge in [0, 0.05) is 30.5 Å². The molecule has 0 aliphatic heterocycles. The van der Waals surface area contributed by atoms with Crippen molar-refractivity contribution in [3.05, 3.63) is 48.0 Å². The minimum atomic E-state index is -1.21. The van der Waals surface area contributed by atoms with Crippen LogP contribution in [-0.2, 0) is 32.0 Å². The van der Waals surface area contributed by atoms with Gasteiger partial charge in [0.05, 0.1) is 12.4 Å². The molecule has 0 saturated carbocycles. The molecule has 0 fully saturated rings. The third kappa shape index (κ3) is 10.0. The van der Waals surface area contributed by atoms with Crippen molar-refractivity contribution in [1.82, 2.24) is 25.9 Å². The van der Waals surface area contributed by atoms with E-state index >= 15 is 0 Å². The molecule has 1 aromatic carbocycles. The van der Waals surface area contributed by atoms with Crippen LogP contribution in [0.5, 0.6) is 5.75 Å². The number of nitrogens with one attached hydrogen (secondary N) is 4. The summed E-state index contributed by atoms with van der Waals surface area (Å²) in [5, 5.41) is 26.7. The number of hydrogen-bond acceptors (Lipinski definition) is 9. The number of imidazole rings is 1. The minimum Gasteiger partial charge on any atom is -0.508 e. The van der Waals surface area contributed by atoms with Crippen LogP contribution in [0.3, 0.4) is 0 Å². The van der Waals surface area contributed by atoms with E-state index in [1.54, 1.807) is 12.1 Å². The second-order valence-electron chi connectivity index (χ2n) is 8.75. The molecule has 3 amide bonds. The number of aromatic nitrogens is 2. The first-order valence-electron chi connectivity index (χ1n) is 12.1. The highest BCUT2D eigenvalue weighted by molar-refractivity contribution is 7.80. The number of rotatable bonds is 16. The van der Waals surface area contributed by atoms with Crippen molar-refractivity contribution in [1.29, 1.82) is 0 Å². The first-order chi connectivity index (χ1) is 18.1. The molecule has 1 aromatic heterocycles. The Morgan fingerprint density at radius 1 is 0.947 bits per heavy atom. The molecule has 0 aliphatic rings. The SMILES string of the molecule is NCCCCC(NC(=O)C(Cc1ccc(O)cc1)NC(=O)C(CS)NC(=O)C(N)Cc1cnc[nH]1)C(=O)O. The van der Waals surface area contributed by atoms with E-state index in [1.165, 1.54) is 24.7 Å². The summed E-state index contributed by atoms with van der Waals surface area (Å²) in [5.74, 6) is -3.29. The first kappa shape index (κ1) is 30.6. The molecular formula is C24H35N7O6S. The van der Waals surface area contributed by atoms with Gasteiger partial charge in [-0.15, -0.1) is 0 Å². The predicted octanol–water partition coefficient (Wildman–Crippen LogP) is -1.17. The lowest BCUT2D eigenvalue weighted by molar-refractivity contribution is -0.142. The number of aromatic hydroxyl groups is 1. The summed E-state index contributed by atoms with van der Waals surface area (Å²) < 4.78 is 0. The van der Waals surface area contributed by atoms with Crippen LogP contribution in [0.25, 0.3) is 0 Å². The van der Waals surface area contributed by atoms with Gasteiger partial charge in [-0.3, -0.25) is 14.4 Å². The van der Waals surface area contributed by atoms with E-state index in [0.717, 1.165) is 0 Å². The number of carbonyl (C=O) groups is 4. The van der Waals surface area contributed by atoms with Crippen LogP contribution in [0.4, 0.5) is 0 Å². The van der Waals surface area contributed by atoms with E-state index in [9.17, 15) is 29.4 Å². The maximum atomic E-state index is 13.1. The third-order valence-corrected chi connectivity index (χ3v) is 6.08. The van der Waals surface area contributed by atoms with Crippen molar-refractivity contribution in [2.45, 2.75) is 56.3 Å². The van der Waals surface area contributed by atoms with Crippen molar-refractivity contribution in [2.75, 3.05) is 12.3 Å². The Bertz CT molecular complexity index is 1050. The van der Waals surface area contributed by atoms with Gasteiger partial charge in [0.2, 0.25) is 17.7 Å². The molecule has 14 heteroatoms. The van der Waals surface area contributed by atoms with Crippen LogP contribution in [0.15, 0.2) is 36.8 Å². The molecule has 0 radical (unpaired) electrons. The minimum absolute atomic E-state index is 0.000428. The molecule has 4 atom stereocenters. The number of nitrogens with two attached hydrogens (primary N) is 2. The molecule has 0 aliphatic carbocycles. The number of amides is 3. The second-order valence-corrected chi connectivity index (χ2v) is 9.11. The van der Waals surface area contributed by atoms with Crippen LogP contribution in [0, 0.1) is 0 Å². The first-order valence-corrected chi connectivity index (χ1v) is 12.7. The molecule has 1 heterocycles. The second kappa shape index (κ2) is 15.6. The summed E-state index contributed by atoms with van der Waals surface area (Å²) in [4.78, 5) is 57.1. The topological polar surface area (TPSA) is 226 Å². The van der Waals surface area contributed by atoms with Gasteiger partial charge in [0.15, 0.2) is 0 Å². The highest BCUT2D eigenvalue weighted by Gasteiger charge is 2.30. The van der Waals surface area contributed by atoms with E-state index in [0.29, 0.717) is 30.6 Å². The zero-order valence-electron chi connectivity index (χ0n) is 20.8. The monoisotopic (exact) mass is 549 g/mol. The number of carboxylic acid groups (broad SMARTS) is 1. The molecule has 0 saturated heterocycles. The summed E-state index contributed by atoms with van der Waals surface area (Å²) in [6.45, 7) is 0.391. The molecule has 4 unspecified atom stereocenters. The van der Waals surface area contributed by atoms with Crippen LogP contribution in [-0.4, -0.2) is 80.3 Å². The molecule has 0 bridgehead atoms. The van der Waals surface area contributed by atoms with Gasteiger partial charge in [0.1, 0.15) is 23.9 Å². The van der Waals surface area contributed by atoms with Crippen molar-refractivity contribution >= 4 is 36.3 Å². The summed E-state index contributed by atoms with van der Waals surface area (Å²) in [7, 11) is 0. The lowest BCUT2D eigenvalue weighted by Crippen LogP contribution is -2.58. The highest BCUT2D eigenvalue weighted by atomic mass is 32.1. The standard InChI is InChI=1S/C24H35N7O6S/c25-8-2-1-3-18(24(36)37)29-22(34)19(9-14-4-6-16(32)7-5-14)30-23(35)20(12-38)31-21(33)17(26)10-15-11-27-13-28-15/h4-7,11,13,17-20,32,38H,1-3,8-10,12,25-26H2,(H,27,28)(H,29,34)(H,30,35)(H,31,33)(H,36,37). The van der Waals surface area contributed by atoms with E-state index in [-0.39, 0.29) is 30.8 Å². The van der Waals surface area contributed by atoms with Gasteiger partial charge in [-0.25, -0.2) is 9.78 Å². The lowest BCUT2D eigenvalue weighted by atomic mass is 10.0. The van der Waals surface area contributed by atoms with Crippen LogP contribution in [0.1, 0.15) is 30.5 Å². The number of nitrogens with zero attached hydrogens (tertiary/aromatic N) is 1. The maximum absolute atomic E-state index is 13.1. The van der Waals surface area contributed by atoms with Crippen LogP contribution >= 0.6 is 12.6 Å². The number of carbonyl (C=O) groups excluding carboxylic acids is 3. The number of aliphatic carboxylic acids is 1. The third-order valence-electron chi connectivity index (χ3n) is 5.72. The fraction of sp³-hybridized carbons (Fsp3) is 0.458. The number of hydrogen-bond donors (Lipinski definition) is 9. The summed E-state index contributed by atoms with van der Waals surface area (Å²) in [6.07, 6.45) is 4.41. The Hall–Kier alpha value is -3.62. The van der Waals surface area contributed by atoms with Gasteiger partial charge in [-0.1, -0.05) is 12.1 Å². The maximum Gasteiger partial charge on any atom is 0.326 e. The largest absolute Gasteiger partial charge is 0.508 e. The number of phenols is 1. The van der Waals surface area contributed by atoms with Gasteiger partial charge >= 0.3 is 5.97 Å². The quantitative estimate of drug-likeness (QED) is 0.0906. The van der Waals surface area contributed by atoms with Crippen molar-refractivity contribution in [3.8, 4) is 5.75 Å². The number of thiol groups is 1. The Morgan fingerprint density at radius 3 is 2.16 bits per heavy atom. The fourth-order valence-corrected chi connectivity index (χ4v) is 3.83. The van der Waals surface area contributed by atoms with E-state index in [2.05, 4.69) is 38.5 Å².